The quantitative estimate of drug-likeness (QED) is 0.901. The van der Waals surface area contributed by atoms with E-state index >= 15 is 0 Å². The molecule has 0 fully saturated rings. The zero-order valence-corrected chi connectivity index (χ0v) is 11.7. The Bertz CT molecular complexity index is 633. The highest BCUT2D eigenvalue weighted by atomic mass is 16.5. The first-order chi connectivity index (χ1) is 9.65. The number of aryl methyl sites for hydroxylation is 1. The summed E-state index contributed by atoms with van der Waals surface area (Å²) in [5, 5.41) is 13.4. The number of hydrogen-bond donors (Lipinski definition) is 1. The molecule has 0 amide bonds. The van der Waals surface area contributed by atoms with Gasteiger partial charge < -0.3 is 9.84 Å². The summed E-state index contributed by atoms with van der Waals surface area (Å²) in [6, 6.07) is 9.13. The maximum absolute atomic E-state index is 11.7. The largest absolute Gasteiger partial charge is 0.494 e. The van der Waals surface area contributed by atoms with Crippen LogP contribution in [0.4, 0.5) is 0 Å². The summed E-state index contributed by atoms with van der Waals surface area (Å²) in [6.07, 6.45) is 0.962. The molecule has 1 N–H and O–H groups in total. The third-order valence-electron chi connectivity index (χ3n) is 2.93. The molecule has 0 bridgehead atoms. The van der Waals surface area contributed by atoms with Gasteiger partial charge in [-0.05, 0) is 36.8 Å². The van der Waals surface area contributed by atoms with Crippen LogP contribution in [0, 0.1) is 0 Å². The molecule has 0 radical (unpaired) electrons. The number of benzene rings is 1. The molecule has 1 heterocycles. The number of hydrogen-bond acceptors (Lipinski definition) is 4. The van der Waals surface area contributed by atoms with Crippen LogP contribution in [-0.4, -0.2) is 21.5 Å². The molecule has 1 aromatic carbocycles. The fourth-order valence-corrected chi connectivity index (χ4v) is 1.87. The summed E-state index contributed by atoms with van der Waals surface area (Å²) in [6.45, 7) is 2.45. The van der Waals surface area contributed by atoms with E-state index in [1.807, 2.05) is 24.3 Å². The van der Waals surface area contributed by atoms with Crippen LogP contribution < -0.4 is 10.3 Å². The van der Waals surface area contributed by atoms with Gasteiger partial charge in [0.25, 0.3) is 5.56 Å². The lowest BCUT2D eigenvalue weighted by Crippen LogP contribution is -2.23. The minimum atomic E-state index is -0.292. The number of aliphatic hydroxyl groups excluding tert-OH is 1. The second-order valence-electron chi connectivity index (χ2n) is 4.51. The van der Waals surface area contributed by atoms with E-state index in [2.05, 4.69) is 12.0 Å². The van der Waals surface area contributed by atoms with Crippen molar-refractivity contribution < 1.29 is 9.84 Å². The maximum atomic E-state index is 11.7. The molecule has 2 rings (SSSR count). The Balaban J connectivity index is 2.32. The van der Waals surface area contributed by atoms with Crippen molar-refractivity contribution in [2.75, 3.05) is 6.61 Å². The van der Waals surface area contributed by atoms with Gasteiger partial charge in [0, 0.05) is 18.2 Å². The van der Waals surface area contributed by atoms with Crippen molar-refractivity contribution in [3.05, 3.63) is 46.2 Å². The average Bonchev–Trinajstić information content (AvgIpc) is 2.48. The van der Waals surface area contributed by atoms with Gasteiger partial charge in [-0.2, -0.15) is 5.10 Å². The molecule has 20 heavy (non-hydrogen) atoms. The Morgan fingerprint density at radius 1 is 1.30 bits per heavy atom. The van der Waals surface area contributed by atoms with E-state index in [1.165, 1.54) is 4.68 Å². The van der Waals surface area contributed by atoms with Crippen LogP contribution >= 0.6 is 0 Å². The van der Waals surface area contributed by atoms with Crippen molar-refractivity contribution in [2.24, 2.45) is 7.05 Å². The molecule has 0 aliphatic heterocycles. The van der Waals surface area contributed by atoms with Gasteiger partial charge in [0.15, 0.2) is 0 Å². The zero-order chi connectivity index (χ0) is 14.5. The molecule has 0 spiro atoms. The van der Waals surface area contributed by atoms with E-state index in [-0.39, 0.29) is 12.2 Å². The molecule has 2 aromatic rings. The van der Waals surface area contributed by atoms with Crippen molar-refractivity contribution in [1.29, 1.82) is 0 Å². The third kappa shape index (κ3) is 3.05. The van der Waals surface area contributed by atoms with E-state index in [1.54, 1.807) is 13.1 Å². The minimum absolute atomic E-state index is 0.279. The highest BCUT2D eigenvalue weighted by Crippen LogP contribution is 2.20. The predicted octanol–water partition coefficient (Wildman–Crippen LogP) is 1.73. The van der Waals surface area contributed by atoms with Gasteiger partial charge in [-0.25, -0.2) is 4.68 Å². The smallest absolute Gasteiger partial charge is 0.272 e. The molecule has 0 atom stereocenters. The summed E-state index contributed by atoms with van der Waals surface area (Å²) in [4.78, 5) is 11.7. The summed E-state index contributed by atoms with van der Waals surface area (Å²) < 4.78 is 6.76. The monoisotopic (exact) mass is 274 g/mol. The van der Waals surface area contributed by atoms with Gasteiger partial charge in [0.1, 0.15) is 5.75 Å². The molecule has 0 aliphatic carbocycles. The van der Waals surface area contributed by atoms with E-state index in [4.69, 9.17) is 4.74 Å². The highest BCUT2D eigenvalue weighted by Gasteiger charge is 2.07. The first-order valence-electron chi connectivity index (χ1n) is 6.57. The van der Waals surface area contributed by atoms with Crippen LogP contribution in [0.15, 0.2) is 35.1 Å². The zero-order valence-electron chi connectivity index (χ0n) is 11.7. The molecule has 5 nitrogen and oxygen atoms in total. The molecule has 0 saturated heterocycles. The lowest BCUT2D eigenvalue weighted by molar-refractivity contribution is 0.279. The fraction of sp³-hybridized carbons (Fsp3) is 0.333. The third-order valence-corrected chi connectivity index (χ3v) is 2.93. The topological polar surface area (TPSA) is 64.3 Å². The number of aromatic nitrogens is 2. The molecule has 0 saturated carbocycles. The second-order valence-corrected chi connectivity index (χ2v) is 4.51. The van der Waals surface area contributed by atoms with Gasteiger partial charge in [-0.15, -0.1) is 0 Å². The molecule has 5 heteroatoms. The van der Waals surface area contributed by atoms with Crippen LogP contribution in [-0.2, 0) is 13.7 Å². The summed E-state index contributed by atoms with van der Waals surface area (Å²) in [5.74, 6) is 0.808. The lowest BCUT2D eigenvalue weighted by atomic mass is 10.1. The Morgan fingerprint density at radius 3 is 2.60 bits per heavy atom. The minimum Gasteiger partial charge on any atom is -0.494 e. The second kappa shape index (κ2) is 6.34. The summed E-state index contributed by atoms with van der Waals surface area (Å²) in [7, 11) is 1.57. The molecular formula is C15H18N2O3. The Labute approximate surface area is 117 Å². The van der Waals surface area contributed by atoms with Crippen molar-refractivity contribution in [2.45, 2.75) is 20.0 Å². The molecule has 106 valence electrons. The average molecular weight is 274 g/mol. The standard InChI is InChI=1S/C15H18N2O3/c1-3-8-20-13-6-4-11(5-7-13)14-9-12(10-18)15(19)17(2)16-14/h4-7,9,18H,3,8,10H2,1-2H3. The van der Waals surface area contributed by atoms with Crippen molar-refractivity contribution in [3.63, 3.8) is 0 Å². The lowest BCUT2D eigenvalue weighted by Gasteiger charge is -2.08. The first kappa shape index (κ1) is 14.3. The van der Waals surface area contributed by atoms with Crippen molar-refractivity contribution in [3.8, 4) is 17.0 Å². The molecule has 0 aliphatic rings. The normalized spacial score (nSPS) is 10.6. The number of nitrogens with zero attached hydrogens (tertiary/aromatic N) is 2. The number of aliphatic hydroxyl groups is 1. The van der Waals surface area contributed by atoms with Crippen molar-refractivity contribution >= 4 is 0 Å². The number of rotatable bonds is 5. The van der Waals surface area contributed by atoms with Crippen LogP contribution in [0.3, 0.4) is 0 Å². The summed E-state index contributed by atoms with van der Waals surface area (Å²) in [5.41, 5.74) is 1.58. The van der Waals surface area contributed by atoms with Crippen LogP contribution in [0.25, 0.3) is 11.3 Å². The fourth-order valence-electron chi connectivity index (χ4n) is 1.87. The Hall–Kier alpha value is -2.14. The van der Waals surface area contributed by atoms with Gasteiger partial charge in [0.05, 0.1) is 18.9 Å². The van der Waals surface area contributed by atoms with E-state index in [0.717, 1.165) is 17.7 Å². The van der Waals surface area contributed by atoms with Gasteiger partial charge in [-0.3, -0.25) is 4.79 Å². The predicted molar refractivity (Wildman–Crippen MR) is 76.6 cm³/mol. The van der Waals surface area contributed by atoms with E-state index < -0.39 is 0 Å². The van der Waals surface area contributed by atoms with Crippen molar-refractivity contribution in [1.82, 2.24) is 9.78 Å². The molecule has 0 unspecified atom stereocenters. The summed E-state index contributed by atoms with van der Waals surface area (Å²) >= 11 is 0. The van der Waals surface area contributed by atoms with Gasteiger partial charge in [0.2, 0.25) is 0 Å². The SMILES string of the molecule is CCCOc1ccc(-c2cc(CO)c(=O)n(C)n2)cc1. The number of ether oxygens (including phenoxy) is 1. The highest BCUT2D eigenvalue weighted by molar-refractivity contribution is 5.60. The van der Waals surface area contributed by atoms with E-state index in [0.29, 0.717) is 17.9 Å². The van der Waals surface area contributed by atoms with Crippen LogP contribution in [0.1, 0.15) is 18.9 Å². The van der Waals surface area contributed by atoms with Gasteiger partial charge in [-0.1, -0.05) is 6.92 Å². The maximum Gasteiger partial charge on any atom is 0.272 e. The Kier molecular flexibility index (Phi) is 4.53. The van der Waals surface area contributed by atoms with Gasteiger partial charge >= 0.3 is 0 Å². The Morgan fingerprint density at radius 2 is 2.00 bits per heavy atom. The van der Waals surface area contributed by atoms with E-state index in [9.17, 15) is 9.90 Å². The molecule has 1 aromatic heterocycles. The first-order valence-corrected chi connectivity index (χ1v) is 6.57. The molecular weight excluding hydrogens is 256 g/mol. The van der Waals surface area contributed by atoms with Crippen LogP contribution in [0.5, 0.6) is 5.75 Å². The van der Waals surface area contributed by atoms with Crippen LogP contribution in [0.2, 0.25) is 0 Å².